The van der Waals surface area contributed by atoms with Crippen LogP contribution in [0.2, 0.25) is 0 Å². The Morgan fingerprint density at radius 1 is 1.32 bits per heavy atom. The van der Waals surface area contributed by atoms with Gasteiger partial charge < -0.3 is 20.3 Å². The molecule has 1 heterocycles. The molecule has 1 fully saturated rings. The molecular formula is C13H25N3O3. The minimum Gasteiger partial charge on any atom is -0.444 e. The second-order valence-electron chi connectivity index (χ2n) is 5.81. The van der Waals surface area contributed by atoms with E-state index in [1.54, 1.807) is 4.90 Å². The van der Waals surface area contributed by atoms with Gasteiger partial charge in [-0.1, -0.05) is 6.92 Å². The first kappa shape index (κ1) is 15.8. The van der Waals surface area contributed by atoms with Gasteiger partial charge in [0.05, 0.1) is 6.54 Å². The van der Waals surface area contributed by atoms with Gasteiger partial charge in [-0.05, 0) is 27.2 Å². The fraction of sp³-hybridized carbons (Fsp3) is 0.846. The Bertz CT molecular complexity index is 320. The van der Waals surface area contributed by atoms with Gasteiger partial charge in [-0.2, -0.15) is 0 Å². The molecule has 1 rings (SSSR count). The van der Waals surface area contributed by atoms with Crippen molar-refractivity contribution >= 4 is 12.0 Å². The van der Waals surface area contributed by atoms with E-state index in [9.17, 15) is 9.59 Å². The standard InChI is InChI=1S/C13H25N3O3/c1-5-6-14-11(17)7-15-10-8-16(9-10)12(18)19-13(2,3)4/h10,15H,5-9H2,1-4H3,(H,14,17). The van der Waals surface area contributed by atoms with Crippen molar-refractivity contribution in [2.75, 3.05) is 26.2 Å². The number of carbonyl (C=O) groups is 2. The normalized spacial score (nSPS) is 15.9. The zero-order chi connectivity index (χ0) is 14.5. The Labute approximate surface area is 114 Å². The highest BCUT2D eigenvalue weighted by Gasteiger charge is 2.33. The number of rotatable bonds is 5. The van der Waals surface area contributed by atoms with Gasteiger partial charge in [-0.15, -0.1) is 0 Å². The van der Waals surface area contributed by atoms with Crippen molar-refractivity contribution in [2.24, 2.45) is 0 Å². The van der Waals surface area contributed by atoms with E-state index in [0.717, 1.165) is 6.42 Å². The molecule has 0 radical (unpaired) electrons. The Hall–Kier alpha value is -1.30. The quantitative estimate of drug-likeness (QED) is 0.773. The van der Waals surface area contributed by atoms with Crippen LogP contribution in [0.25, 0.3) is 0 Å². The van der Waals surface area contributed by atoms with Crippen LogP contribution in [0.3, 0.4) is 0 Å². The van der Waals surface area contributed by atoms with E-state index in [1.165, 1.54) is 0 Å². The molecule has 0 bridgehead atoms. The highest BCUT2D eigenvalue weighted by atomic mass is 16.6. The van der Waals surface area contributed by atoms with E-state index < -0.39 is 5.60 Å². The minimum absolute atomic E-state index is 0.00225. The van der Waals surface area contributed by atoms with Gasteiger partial charge in [0.15, 0.2) is 0 Å². The molecule has 0 spiro atoms. The first-order chi connectivity index (χ1) is 8.81. The average molecular weight is 271 g/mol. The third-order valence-electron chi connectivity index (χ3n) is 2.66. The molecule has 1 aliphatic rings. The summed E-state index contributed by atoms with van der Waals surface area (Å²) in [7, 11) is 0. The van der Waals surface area contributed by atoms with Gasteiger partial charge in [0.2, 0.25) is 5.91 Å². The van der Waals surface area contributed by atoms with Crippen molar-refractivity contribution in [3.63, 3.8) is 0 Å². The summed E-state index contributed by atoms with van der Waals surface area (Å²) in [5.74, 6) is -0.00225. The summed E-state index contributed by atoms with van der Waals surface area (Å²) in [5, 5.41) is 5.91. The van der Waals surface area contributed by atoms with Gasteiger partial charge in [-0.25, -0.2) is 4.79 Å². The number of nitrogens with zero attached hydrogens (tertiary/aromatic N) is 1. The second kappa shape index (κ2) is 6.75. The lowest BCUT2D eigenvalue weighted by atomic mass is 10.1. The molecule has 0 aromatic carbocycles. The summed E-state index contributed by atoms with van der Waals surface area (Å²) >= 11 is 0. The Morgan fingerprint density at radius 3 is 2.47 bits per heavy atom. The summed E-state index contributed by atoms with van der Waals surface area (Å²) in [6, 6.07) is 0.180. The molecule has 1 aliphatic heterocycles. The number of carbonyl (C=O) groups excluding carboxylic acids is 2. The largest absolute Gasteiger partial charge is 0.444 e. The van der Waals surface area contributed by atoms with Crippen LogP contribution in [0.4, 0.5) is 4.79 Å². The maximum absolute atomic E-state index is 11.7. The van der Waals surface area contributed by atoms with Crippen molar-refractivity contribution < 1.29 is 14.3 Å². The first-order valence-corrected chi connectivity index (χ1v) is 6.80. The summed E-state index contributed by atoms with van der Waals surface area (Å²) in [5.41, 5.74) is -0.463. The third kappa shape index (κ3) is 5.92. The van der Waals surface area contributed by atoms with E-state index in [-0.39, 0.29) is 18.0 Å². The zero-order valence-corrected chi connectivity index (χ0v) is 12.3. The van der Waals surface area contributed by atoms with Crippen LogP contribution in [0.15, 0.2) is 0 Å². The van der Waals surface area contributed by atoms with E-state index in [2.05, 4.69) is 10.6 Å². The summed E-state index contributed by atoms with van der Waals surface area (Å²) in [6.45, 7) is 9.74. The van der Waals surface area contributed by atoms with E-state index in [0.29, 0.717) is 26.2 Å². The maximum atomic E-state index is 11.7. The summed E-state index contributed by atoms with van der Waals surface area (Å²) in [4.78, 5) is 24.7. The third-order valence-corrected chi connectivity index (χ3v) is 2.66. The molecule has 0 unspecified atom stereocenters. The molecule has 110 valence electrons. The lowest BCUT2D eigenvalue weighted by Crippen LogP contribution is -2.61. The van der Waals surface area contributed by atoms with Gasteiger partial charge in [0, 0.05) is 25.7 Å². The predicted molar refractivity (Wildman–Crippen MR) is 72.9 cm³/mol. The molecular weight excluding hydrogens is 246 g/mol. The van der Waals surface area contributed by atoms with Crippen molar-refractivity contribution in [1.82, 2.24) is 15.5 Å². The van der Waals surface area contributed by atoms with Crippen molar-refractivity contribution in [3.8, 4) is 0 Å². The molecule has 0 aliphatic carbocycles. The number of ether oxygens (including phenoxy) is 1. The average Bonchev–Trinajstić information content (AvgIpc) is 2.21. The van der Waals surface area contributed by atoms with Gasteiger partial charge >= 0.3 is 6.09 Å². The SMILES string of the molecule is CCCNC(=O)CNC1CN(C(=O)OC(C)(C)C)C1. The zero-order valence-electron chi connectivity index (χ0n) is 12.3. The highest BCUT2D eigenvalue weighted by Crippen LogP contribution is 2.14. The Morgan fingerprint density at radius 2 is 1.95 bits per heavy atom. The lowest BCUT2D eigenvalue weighted by molar-refractivity contribution is -0.120. The lowest BCUT2D eigenvalue weighted by Gasteiger charge is -2.40. The topological polar surface area (TPSA) is 70.7 Å². The van der Waals surface area contributed by atoms with Gasteiger partial charge in [0.1, 0.15) is 5.60 Å². The number of hydrogen-bond donors (Lipinski definition) is 2. The fourth-order valence-electron chi connectivity index (χ4n) is 1.65. The highest BCUT2D eigenvalue weighted by molar-refractivity contribution is 5.78. The second-order valence-corrected chi connectivity index (χ2v) is 5.81. The molecule has 19 heavy (non-hydrogen) atoms. The summed E-state index contributed by atoms with van der Waals surface area (Å²) < 4.78 is 5.25. The number of amides is 2. The van der Waals surface area contributed by atoms with Crippen molar-refractivity contribution in [2.45, 2.75) is 45.8 Å². The van der Waals surface area contributed by atoms with Crippen LogP contribution < -0.4 is 10.6 Å². The monoisotopic (exact) mass is 271 g/mol. The number of hydrogen-bond acceptors (Lipinski definition) is 4. The van der Waals surface area contributed by atoms with Crippen molar-refractivity contribution in [1.29, 1.82) is 0 Å². The number of nitrogens with one attached hydrogen (secondary N) is 2. The molecule has 2 N–H and O–H groups in total. The molecule has 0 saturated carbocycles. The van der Waals surface area contributed by atoms with Crippen LogP contribution in [0.1, 0.15) is 34.1 Å². The van der Waals surface area contributed by atoms with Crippen molar-refractivity contribution in [3.05, 3.63) is 0 Å². The molecule has 0 aromatic rings. The van der Waals surface area contributed by atoms with Gasteiger partial charge in [0.25, 0.3) is 0 Å². The molecule has 2 amide bonds. The Kier molecular flexibility index (Phi) is 5.60. The molecule has 6 nitrogen and oxygen atoms in total. The predicted octanol–water partition coefficient (Wildman–Crippen LogP) is 0.722. The Balaban J connectivity index is 2.13. The van der Waals surface area contributed by atoms with Gasteiger partial charge in [-0.3, -0.25) is 4.79 Å². The molecule has 1 saturated heterocycles. The molecule has 0 aromatic heterocycles. The van der Waals surface area contributed by atoms with E-state index in [4.69, 9.17) is 4.74 Å². The molecule has 6 heteroatoms. The van der Waals surface area contributed by atoms with Crippen LogP contribution in [-0.2, 0) is 9.53 Å². The molecule has 0 atom stereocenters. The van der Waals surface area contributed by atoms with Crippen LogP contribution in [-0.4, -0.2) is 54.7 Å². The fourth-order valence-corrected chi connectivity index (χ4v) is 1.65. The first-order valence-electron chi connectivity index (χ1n) is 6.80. The maximum Gasteiger partial charge on any atom is 0.410 e. The minimum atomic E-state index is -0.463. The summed E-state index contributed by atoms with van der Waals surface area (Å²) in [6.07, 6.45) is 0.641. The van der Waals surface area contributed by atoms with E-state index in [1.807, 2.05) is 27.7 Å². The van der Waals surface area contributed by atoms with E-state index >= 15 is 0 Å². The van der Waals surface area contributed by atoms with Crippen LogP contribution in [0, 0.1) is 0 Å². The van der Waals surface area contributed by atoms with Crippen LogP contribution in [0.5, 0.6) is 0 Å². The van der Waals surface area contributed by atoms with Crippen LogP contribution >= 0.6 is 0 Å². The number of likely N-dealkylation sites (tertiary alicyclic amines) is 1. The smallest absolute Gasteiger partial charge is 0.410 e.